The molecule has 0 spiro atoms. The fraction of sp³-hybridized carbons (Fsp3) is 0.700. The van der Waals surface area contributed by atoms with Gasteiger partial charge in [-0.1, -0.05) is 63.3 Å². The van der Waals surface area contributed by atoms with Gasteiger partial charge in [0.05, 0.1) is 0 Å². The van der Waals surface area contributed by atoms with Crippen LogP contribution in [0.5, 0.6) is 0 Å². The Morgan fingerprint density at radius 1 is 0.905 bits per heavy atom. The molecule has 118 valence electrons. The van der Waals surface area contributed by atoms with Gasteiger partial charge in [0, 0.05) is 6.04 Å². The minimum Gasteiger partial charge on any atom is -0.314 e. The third kappa shape index (κ3) is 6.65. The highest BCUT2D eigenvalue weighted by atomic mass is 14.9. The first kappa shape index (κ1) is 16.5. The average molecular weight is 287 g/mol. The molecule has 1 fully saturated rings. The highest BCUT2D eigenvalue weighted by Gasteiger charge is 2.13. The predicted molar refractivity (Wildman–Crippen MR) is 92.9 cm³/mol. The smallest absolute Gasteiger partial charge is 0.00707 e. The zero-order valence-electron chi connectivity index (χ0n) is 13.9. The van der Waals surface area contributed by atoms with E-state index in [-0.39, 0.29) is 0 Å². The summed E-state index contributed by atoms with van der Waals surface area (Å²) in [6, 6.07) is 10.2. The Bertz CT molecular complexity index is 362. The highest BCUT2D eigenvalue weighted by Crippen LogP contribution is 2.15. The Hall–Kier alpha value is -0.820. The maximum atomic E-state index is 3.59. The van der Waals surface area contributed by atoms with Crippen molar-refractivity contribution >= 4 is 0 Å². The largest absolute Gasteiger partial charge is 0.314 e. The number of hydrogen-bond donors (Lipinski definition) is 1. The second-order valence-corrected chi connectivity index (χ2v) is 6.67. The summed E-state index contributed by atoms with van der Waals surface area (Å²) in [5.41, 5.74) is 3.03. The van der Waals surface area contributed by atoms with E-state index in [4.69, 9.17) is 0 Å². The van der Waals surface area contributed by atoms with Crippen molar-refractivity contribution in [2.75, 3.05) is 6.54 Å². The zero-order valence-corrected chi connectivity index (χ0v) is 13.9. The first-order chi connectivity index (χ1) is 10.4. The summed E-state index contributed by atoms with van der Waals surface area (Å²) in [7, 11) is 0. The van der Waals surface area contributed by atoms with Gasteiger partial charge in [-0.3, -0.25) is 0 Å². The van der Waals surface area contributed by atoms with E-state index in [2.05, 4.69) is 36.5 Å². The van der Waals surface area contributed by atoms with Crippen LogP contribution < -0.4 is 5.32 Å². The molecule has 21 heavy (non-hydrogen) atoms. The number of aryl methyl sites for hydroxylation is 2. The topological polar surface area (TPSA) is 12.0 Å². The van der Waals surface area contributed by atoms with Gasteiger partial charge in [0.25, 0.3) is 0 Å². The van der Waals surface area contributed by atoms with Crippen molar-refractivity contribution in [2.45, 2.75) is 83.6 Å². The van der Waals surface area contributed by atoms with E-state index in [1.807, 2.05) is 0 Å². The van der Waals surface area contributed by atoms with Gasteiger partial charge < -0.3 is 5.32 Å². The lowest BCUT2D eigenvalue weighted by atomic mass is 10.0. The van der Waals surface area contributed by atoms with Crippen LogP contribution in [0.4, 0.5) is 0 Å². The van der Waals surface area contributed by atoms with Crippen molar-refractivity contribution in [2.24, 2.45) is 0 Å². The number of hydrogen-bond acceptors (Lipinski definition) is 1. The lowest BCUT2D eigenvalue weighted by molar-refractivity contribution is 0.559. The quantitative estimate of drug-likeness (QED) is 0.578. The van der Waals surface area contributed by atoms with Crippen molar-refractivity contribution in [3.8, 4) is 0 Å². The maximum absolute atomic E-state index is 3.59. The summed E-state index contributed by atoms with van der Waals surface area (Å²) in [5.74, 6) is 0. The summed E-state index contributed by atoms with van der Waals surface area (Å²) in [5, 5.41) is 3.59. The molecule has 1 saturated heterocycles. The van der Waals surface area contributed by atoms with Crippen molar-refractivity contribution in [3.63, 3.8) is 0 Å². The number of unbranched alkanes of at least 4 members (excludes halogenated alkanes) is 5. The second-order valence-electron chi connectivity index (χ2n) is 6.67. The van der Waals surface area contributed by atoms with Crippen LogP contribution in [0.15, 0.2) is 24.3 Å². The third-order valence-electron chi connectivity index (χ3n) is 4.79. The number of benzene rings is 1. The molecule has 1 heterocycles. The van der Waals surface area contributed by atoms with Crippen molar-refractivity contribution in [3.05, 3.63) is 35.4 Å². The van der Waals surface area contributed by atoms with E-state index in [1.54, 1.807) is 0 Å². The fourth-order valence-corrected chi connectivity index (χ4v) is 3.33. The van der Waals surface area contributed by atoms with E-state index in [0.717, 1.165) is 6.04 Å². The minimum absolute atomic E-state index is 0.771. The molecule has 0 radical (unpaired) electrons. The van der Waals surface area contributed by atoms with Gasteiger partial charge in [0.2, 0.25) is 0 Å². The molecule has 1 aromatic rings. The van der Waals surface area contributed by atoms with Gasteiger partial charge >= 0.3 is 0 Å². The molecule has 1 aliphatic heterocycles. The summed E-state index contributed by atoms with van der Waals surface area (Å²) in [6.45, 7) is 3.51. The van der Waals surface area contributed by atoms with E-state index in [0.29, 0.717) is 0 Å². The SMILES string of the molecule is CCCCCCCCc1ccc(CCC2CCCN2)cc1. The number of rotatable bonds is 10. The van der Waals surface area contributed by atoms with E-state index in [9.17, 15) is 0 Å². The Balaban J connectivity index is 1.59. The molecule has 1 aliphatic rings. The van der Waals surface area contributed by atoms with E-state index in [1.165, 1.54) is 88.3 Å². The van der Waals surface area contributed by atoms with Crippen molar-refractivity contribution < 1.29 is 0 Å². The van der Waals surface area contributed by atoms with Gasteiger partial charge in [-0.05, 0) is 56.2 Å². The molecule has 1 N–H and O–H groups in total. The van der Waals surface area contributed by atoms with Crippen LogP contribution in [0.2, 0.25) is 0 Å². The normalized spacial score (nSPS) is 18.2. The Morgan fingerprint density at radius 2 is 1.57 bits per heavy atom. The lowest BCUT2D eigenvalue weighted by Crippen LogP contribution is -2.21. The van der Waals surface area contributed by atoms with Gasteiger partial charge in [0.1, 0.15) is 0 Å². The molecule has 0 aliphatic carbocycles. The molecule has 1 aromatic carbocycles. The fourth-order valence-electron chi connectivity index (χ4n) is 3.33. The summed E-state index contributed by atoms with van der Waals surface area (Å²) >= 11 is 0. The Labute approximate surface area is 131 Å². The van der Waals surface area contributed by atoms with Gasteiger partial charge in [-0.2, -0.15) is 0 Å². The Kier molecular flexibility index (Phi) is 7.88. The molecule has 1 unspecified atom stereocenters. The number of nitrogens with one attached hydrogen (secondary N) is 1. The predicted octanol–water partition coefficient (Wildman–Crippen LogP) is 5.27. The molecular weight excluding hydrogens is 254 g/mol. The van der Waals surface area contributed by atoms with Crippen LogP contribution >= 0.6 is 0 Å². The second kappa shape index (κ2) is 10.00. The van der Waals surface area contributed by atoms with Gasteiger partial charge in [0.15, 0.2) is 0 Å². The lowest BCUT2D eigenvalue weighted by Gasteiger charge is -2.10. The molecule has 1 nitrogen and oxygen atoms in total. The molecule has 2 rings (SSSR count). The molecule has 0 bridgehead atoms. The third-order valence-corrected chi connectivity index (χ3v) is 4.79. The van der Waals surface area contributed by atoms with Gasteiger partial charge in [-0.25, -0.2) is 0 Å². The van der Waals surface area contributed by atoms with Crippen molar-refractivity contribution in [1.29, 1.82) is 0 Å². The molecule has 0 amide bonds. The van der Waals surface area contributed by atoms with E-state index < -0.39 is 0 Å². The van der Waals surface area contributed by atoms with Crippen LogP contribution in [0, 0.1) is 0 Å². The molecule has 1 atom stereocenters. The average Bonchev–Trinajstić information content (AvgIpc) is 3.03. The molecule has 1 heteroatoms. The maximum Gasteiger partial charge on any atom is 0.00707 e. The molecular formula is C20H33N. The van der Waals surface area contributed by atoms with Crippen LogP contribution in [-0.4, -0.2) is 12.6 Å². The monoisotopic (exact) mass is 287 g/mol. The first-order valence-corrected chi connectivity index (χ1v) is 9.19. The summed E-state index contributed by atoms with van der Waals surface area (Å²) in [4.78, 5) is 0. The standard InChI is InChI=1S/C20H33N/c1-2-3-4-5-6-7-9-18-11-13-19(14-12-18)15-16-20-10-8-17-21-20/h11-14,20-21H,2-10,15-17H2,1H3. The summed E-state index contributed by atoms with van der Waals surface area (Å²) < 4.78 is 0. The minimum atomic E-state index is 0.771. The van der Waals surface area contributed by atoms with E-state index >= 15 is 0 Å². The Morgan fingerprint density at radius 3 is 2.24 bits per heavy atom. The van der Waals surface area contributed by atoms with Crippen LogP contribution in [0.1, 0.15) is 75.8 Å². The first-order valence-electron chi connectivity index (χ1n) is 9.19. The highest BCUT2D eigenvalue weighted by molar-refractivity contribution is 5.22. The molecule has 0 saturated carbocycles. The van der Waals surface area contributed by atoms with Crippen LogP contribution in [0.25, 0.3) is 0 Å². The van der Waals surface area contributed by atoms with Crippen LogP contribution in [0.3, 0.4) is 0 Å². The van der Waals surface area contributed by atoms with Gasteiger partial charge in [-0.15, -0.1) is 0 Å². The zero-order chi connectivity index (χ0) is 14.8. The summed E-state index contributed by atoms with van der Waals surface area (Å²) in [6.07, 6.45) is 14.9. The van der Waals surface area contributed by atoms with Crippen molar-refractivity contribution in [1.82, 2.24) is 5.32 Å². The van der Waals surface area contributed by atoms with Crippen LogP contribution in [-0.2, 0) is 12.8 Å². The molecule has 0 aromatic heterocycles.